The quantitative estimate of drug-likeness (QED) is 0.822. The lowest BCUT2D eigenvalue weighted by atomic mass is 10.2. The summed E-state index contributed by atoms with van der Waals surface area (Å²) in [5, 5.41) is 0. The van der Waals surface area contributed by atoms with Gasteiger partial charge in [-0.25, -0.2) is 13.2 Å². The first kappa shape index (κ1) is 17.0. The summed E-state index contributed by atoms with van der Waals surface area (Å²) in [6.45, 7) is 4.17. The zero-order valence-corrected chi connectivity index (χ0v) is 14.5. The van der Waals surface area contributed by atoms with E-state index >= 15 is 0 Å². The second-order valence-electron chi connectivity index (χ2n) is 5.81. The van der Waals surface area contributed by atoms with E-state index in [4.69, 9.17) is 9.47 Å². The van der Waals surface area contributed by atoms with E-state index in [9.17, 15) is 13.2 Å². The zero-order valence-electron chi connectivity index (χ0n) is 13.7. The van der Waals surface area contributed by atoms with E-state index in [-0.39, 0.29) is 17.5 Å². The minimum Gasteiger partial charge on any atom is -0.493 e. The molecule has 1 aromatic rings. The van der Waals surface area contributed by atoms with Gasteiger partial charge in [-0.1, -0.05) is 0 Å². The Balaban J connectivity index is 1.74. The molecule has 0 N–H and O–H groups in total. The summed E-state index contributed by atoms with van der Waals surface area (Å²) in [5.74, 6) is 0.762. The Kier molecular flexibility index (Phi) is 4.96. The lowest BCUT2D eigenvalue weighted by Crippen LogP contribution is -2.37. The molecule has 132 valence electrons. The largest absolute Gasteiger partial charge is 0.493 e. The Morgan fingerprint density at radius 2 is 2.08 bits per heavy atom. The van der Waals surface area contributed by atoms with Gasteiger partial charge in [0.05, 0.1) is 18.1 Å². The van der Waals surface area contributed by atoms with Crippen molar-refractivity contribution in [2.45, 2.75) is 24.7 Å². The summed E-state index contributed by atoms with van der Waals surface area (Å²) in [6, 6.07) is 5.01. The molecular formula is C16H22N2O5S. The van der Waals surface area contributed by atoms with Crippen LogP contribution in [-0.2, 0) is 21.2 Å². The van der Waals surface area contributed by atoms with E-state index in [0.29, 0.717) is 39.3 Å². The second-order valence-corrected chi connectivity index (χ2v) is 7.75. The second kappa shape index (κ2) is 6.98. The van der Waals surface area contributed by atoms with Crippen molar-refractivity contribution in [2.24, 2.45) is 0 Å². The highest BCUT2D eigenvalue weighted by atomic mass is 32.2. The highest BCUT2D eigenvalue weighted by molar-refractivity contribution is 7.89. The van der Waals surface area contributed by atoms with E-state index in [1.807, 2.05) is 0 Å². The topological polar surface area (TPSA) is 76.2 Å². The first-order chi connectivity index (χ1) is 11.5. The molecule has 2 aliphatic heterocycles. The summed E-state index contributed by atoms with van der Waals surface area (Å²) in [7, 11) is -3.57. The molecule has 1 aromatic carbocycles. The van der Waals surface area contributed by atoms with Gasteiger partial charge >= 0.3 is 6.09 Å². The molecule has 2 heterocycles. The number of carbonyl (C=O) groups is 1. The first-order valence-electron chi connectivity index (χ1n) is 8.20. The Morgan fingerprint density at radius 1 is 1.25 bits per heavy atom. The maximum Gasteiger partial charge on any atom is 0.409 e. The average molecular weight is 354 g/mol. The summed E-state index contributed by atoms with van der Waals surface area (Å²) in [5.41, 5.74) is 0.930. The fraction of sp³-hybridized carbons (Fsp3) is 0.562. The van der Waals surface area contributed by atoms with Gasteiger partial charge in [-0.15, -0.1) is 0 Å². The van der Waals surface area contributed by atoms with Crippen LogP contribution in [0.2, 0.25) is 0 Å². The molecule has 0 bridgehead atoms. The highest BCUT2D eigenvalue weighted by Gasteiger charge is 2.29. The minimum absolute atomic E-state index is 0.273. The van der Waals surface area contributed by atoms with Crippen LogP contribution in [0.1, 0.15) is 18.9 Å². The van der Waals surface area contributed by atoms with Crippen LogP contribution in [0, 0.1) is 0 Å². The third kappa shape index (κ3) is 3.34. The maximum atomic E-state index is 12.9. The van der Waals surface area contributed by atoms with Gasteiger partial charge in [0.25, 0.3) is 0 Å². The number of ether oxygens (including phenoxy) is 2. The molecule has 0 atom stereocenters. The number of benzene rings is 1. The van der Waals surface area contributed by atoms with Crippen LogP contribution in [0.25, 0.3) is 0 Å². The Bertz CT molecular complexity index is 719. The normalized spacial score (nSPS) is 18.6. The van der Waals surface area contributed by atoms with E-state index in [1.165, 1.54) is 4.31 Å². The molecule has 0 aliphatic carbocycles. The van der Waals surface area contributed by atoms with E-state index in [0.717, 1.165) is 17.7 Å². The SMILES string of the molecule is CCOC(=O)N1CCCN(S(=O)(=O)c2ccc3c(c2)CCO3)CC1. The lowest BCUT2D eigenvalue weighted by Gasteiger charge is -2.21. The Labute approximate surface area is 142 Å². The van der Waals surface area contributed by atoms with Crippen molar-refractivity contribution in [3.8, 4) is 5.75 Å². The van der Waals surface area contributed by atoms with Crippen LogP contribution < -0.4 is 4.74 Å². The average Bonchev–Trinajstić information content (AvgIpc) is 2.88. The van der Waals surface area contributed by atoms with Crippen molar-refractivity contribution in [1.29, 1.82) is 0 Å². The molecule has 0 radical (unpaired) electrons. The molecule has 3 rings (SSSR count). The fourth-order valence-corrected chi connectivity index (χ4v) is 4.52. The van der Waals surface area contributed by atoms with Gasteiger partial charge in [0, 0.05) is 32.6 Å². The number of carbonyl (C=O) groups excluding carboxylic acids is 1. The van der Waals surface area contributed by atoms with Crippen molar-refractivity contribution in [3.63, 3.8) is 0 Å². The summed E-state index contributed by atoms with van der Waals surface area (Å²) in [4.78, 5) is 13.7. The number of nitrogens with zero attached hydrogens (tertiary/aromatic N) is 2. The van der Waals surface area contributed by atoms with Gasteiger partial charge in [0.15, 0.2) is 0 Å². The van der Waals surface area contributed by atoms with E-state index in [1.54, 1.807) is 30.0 Å². The summed E-state index contributed by atoms with van der Waals surface area (Å²) >= 11 is 0. The van der Waals surface area contributed by atoms with Crippen molar-refractivity contribution in [3.05, 3.63) is 23.8 Å². The molecule has 1 amide bonds. The standard InChI is InChI=1S/C16H22N2O5S/c1-2-22-16(19)17-7-3-8-18(10-9-17)24(20,21)14-4-5-15-13(12-14)6-11-23-15/h4-5,12H,2-3,6-11H2,1H3. The smallest absolute Gasteiger partial charge is 0.409 e. The number of sulfonamides is 1. The highest BCUT2D eigenvalue weighted by Crippen LogP contribution is 2.29. The van der Waals surface area contributed by atoms with E-state index in [2.05, 4.69) is 0 Å². The van der Waals surface area contributed by atoms with Crippen molar-refractivity contribution in [1.82, 2.24) is 9.21 Å². The van der Waals surface area contributed by atoms with Gasteiger partial charge in [-0.05, 0) is 37.1 Å². The van der Waals surface area contributed by atoms with Crippen molar-refractivity contribution >= 4 is 16.1 Å². The third-order valence-electron chi connectivity index (χ3n) is 4.28. The number of hydrogen-bond donors (Lipinski definition) is 0. The number of hydrogen-bond acceptors (Lipinski definition) is 5. The van der Waals surface area contributed by atoms with Crippen LogP contribution in [0.4, 0.5) is 4.79 Å². The zero-order chi connectivity index (χ0) is 17.2. The molecule has 0 saturated carbocycles. The lowest BCUT2D eigenvalue weighted by molar-refractivity contribution is 0.109. The molecule has 8 heteroatoms. The van der Waals surface area contributed by atoms with Gasteiger partial charge in [-0.2, -0.15) is 4.31 Å². The molecule has 0 spiro atoms. The minimum atomic E-state index is -3.57. The molecule has 1 saturated heterocycles. The van der Waals surface area contributed by atoms with E-state index < -0.39 is 10.0 Å². The number of amides is 1. The van der Waals surface area contributed by atoms with Crippen molar-refractivity contribution in [2.75, 3.05) is 39.4 Å². The third-order valence-corrected chi connectivity index (χ3v) is 6.17. The molecular weight excluding hydrogens is 332 g/mol. The maximum absolute atomic E-state index is 12.9. The summed E-state index contributed by atoms with van der Waals surface area (Å²) < 4.78 is 37.7. The Hall–Kier alpha value is -1.80. The number of fused-ring (bicyclic) bond motifs is 1. The predicted molar refractivity (Wildman–Crippen MR) is 87.6 cm³/mol. The van der Waals surface area contributed by atoms with Crippen LogP contribution in [0.3, 0.4) is 0 Å². The predicted octanol–water partition coefficient (Wildman–Crippen LogP) is 1.47. The fourth-order valence-electron chi connectivity index (χ4n) is 3.00. The van der Waals surface area contributed by atoms with Crippen molar-refractivity contribution < 1.29 is 22.7 Å². The number of rotatable bonds is 3. The Morgan fingerprint density at radius 3 is 2.88 bits per heavy atom. The van der Waals surface area contributed by atoms with Gasteiger partial charge < -0.3 is 14.4 Å². The molecule has 0 aromatic heterocycles. The summed E-state index contributed by atoms with van der Waals surface area (Å²) in [6.07, 6.45) is 0.938. The van der Waals surface area contributed by atoms with Crippen LogP contribution in [0.5, 0.6) is 5.75 Å². The molecule has 1 fully saturated rings. The molecule has 24 heavy (non-hydrogen) atoms. The van der Waals surface area contributed by atoms with Crippen LogP contribution >= 0.6 is 0 Å². The molecule has 7 nitrogen and oxygen atoms in total. The first-order valence-corrected chi connectivity index (χ1v) is 9.64. The van der Waals surface area contributed by atoms with Crippen LogP contribution in [0.15, 0.2) is 23.1 Å². The van der Waals surface area contributed by atoms with Gasteiger partial charge in [0.1, 0.15) is 5.75 Å². The molecule has 0 unspecified atom stereocenters. The molecule has 2 aliphatic rings. The van der Waals surface area contributed by atoms with Gasteiger partial charge in [-0.3, -0.25) is 0 Å². The van der Waals surface area contributed by atoms with Gasteiger partial charge in [0.2, 0.25) is 10.0 Å². The monoisotopic (exact) mass is 354 g/mol. The van der Waals surface area contributed by atoms with Crippen LogP contribution in [-0.4, -0.2) is 63.1 Å².